The average Bonchev–Trinajstić information content (AvgIpc) is 2.80. The summed E-state index contributed by atoms with van der Waals surface area (Å²) < 4.78 is 5.04. The minimum atomic E-state index is -0.506. The van der Waals surface area contributed by atoms with Gasteiger partial charge in [-0.25, -0.2) is 4.79 Å². The van der Waals surface area contributed by atoms with E-state index < -0.39 is 6.04 Å². The smallest absolute Gasteiger partial charge is 0.327 e. The SMILES string of the molecule is CCN(C)c1ccc(C(=O)N2CCN(C(C(=O)OC)c3ccc(Cl)cc3)CC2)cc1. The number of nitrogens with zero attached hydrogens (tertiary/aromatic N) is 3. The number of benzene rings is 2. The zero-order chi connectivity index (χ0) is 21.7. The Kier molecular flexibility index (Phi) is 7.34. The lowest BCUT2D eigenvalue weighted by atomic mass is 10.0. The van der Waals surface area contributed by atoms with Gasteiger partial charge in [-0.15, -0.1) is 0 Å². The van der Waals surface area contributed by atoms with Crippen molar-refractivity contribution in [2.24, 2.45) is 0 Å². The van der Waals surface area contributed by atoms with Crippen LogP contribution in [0.5, 0.6) is 0 Å². The van der Waals surface area contributed by atoms with Crippen LogP contribution in [-0.2, 0) is 9.53 Å². The summed E-state index contributed by atoms with van der Waals surface area (Å²) in [5, 5.41) is 0.619. The van der Waals surface area contributed by atoms with Crippen LogP contribution in [0.15, 0.2) is 48.5 Å². The number of anilines is 1. The first-order valence-corrected chi connectivity index (χ1v) is 10.5. The summed E-state index contributed by atoms with van der Waals surface area (Å²) in [6.07, 6.45) is 0. The molecule has 1 aliphatic heterocycles. The Bertz CT molecular complexity index is 862. The van der Waals surface area contributed by atoms with Gasteiger partial charge in [-0.1, -0.05) is 23.7 Å². The Morgan fingerprint density at radius 1 is 1.03 bits per heavy atom. The quantitative estimate of drug-likeness (QED) is 0.658. The molecule has 2 aromatic carbocycles. The van der Waals surface area contributed by atoms with Gasteiger partial charge in [-0.2, -0.15) is 0 Å². The van der Waals surface area contributed by atoms with Gasteiger partial charge in [0.1, 0.15) is 6.04 Å². The molecule has 7 heteroatoms. The van der Waals surface area contributed by atoms with Crippen molar-refractivity contribution in [3.8, 4) is 0 Å². The number of carbonyl (C=O) groups is 2. The van der Waals surface area contributed by atoms with Crippen LogP contribution in [0.3, 0.4) is 0 Å². The fourth-order valence-corrected chi connectivity index (χ4v) is 3.79. The summed E-state index contributed by atoms with van der Waals surface area (Å²) in [4.78, 5) is 31.4. The molecular formula is C23H28ClN3O3. The second kappa shape index (κ2) is 9.96. The standard InChI is InChI=1S/C23H28ClN3O3/c1-4-25(2)20-11-7-18(8-12-20)22(28)27-15-13-26(14-16-27)21(23(29)30-3)17-5-9-19(24)10-6-17/h5-12,21H,4,13-16H2,1-3H3. The number of esters is 1. The molecule has 6 nitrogen and oxygen atoms in total. The van der Waals surface area contributed by atoms with Crippen molar-refractivity contribution in [1.82, 2.24) is 9.80 Å². The molecule has 0 N–H and O–H groups in total. The van der Waals surface area contributed by atoms with E-state index in [1.807, 2.05) is 48.3 Å². The molecule has 1 heterocycles. The summed E-state index contributed by atoms with van der Waals surface area (Å²) in [7, 11) is 3.42. The predicted octanol–water partition coefficient (Wildman–Crippen LogP) is 3.47. The number of methoxy groups -OCH3 is 1. The van der Waals surface area contributed by atoms with Gasteiger partial charge in [0.25, 0.3) is 5.91 Å². The molecule has 0 aliphatic carbocycles. The lowest BCUT2D eigenvalue weighted by Crippen LogP contribution is -2.51. The van der Waals surface area contributed by atoms with E-state index in [-0.39, 0.29) is 11.9 Å². The van der Waals surface area contributed by atoms with E-state index in [1.54, 1.807) is 12.1 Å². The van der Waals surface area contributed by atoms with E-state index in [2.05, 4.69) is 16.7 Å². The van der Waals surface area contributed by atoms with Crippen molar-refractivity contribution in [1.29, 1.82) is 0 Å². The molecule has 0 aromatic heterocycles. The van der Waals surface area contributed by atoms with E-state index >= 15 is 0 Å². The summed E-state index contributed by atoms with van der Waals surface area (Å²) in [5.74, 6) is -0.297. The minimum absolute atomic E-state index is 0.0152. The molecule has 30 heavy (non-hydrogen) atoms. The van der Waals surface area contributed by atoms with E-state index in [4.69, 9.17) is 16.3 Å². The van der Waals surface area contributed by atoms with E-state index in [0.717, 1.165) is 17.8 Å². The summed E-state index contributed by atoms with van der Waals surface area (Å²) in [6, 6.07) is 14.4. The Hall–Kier alpha value is -2.57. The van der Waals surface area contributed by atoms with Gasteiger partial charge >= 0.3 is 5.97 Å². The second-order valence-electron chi connectivity index (χ2n) is 7.37. The van der Waals surface area contributed by atoms with Crippen LogP contribution in [0.4, 0.5) is 5.69 Å². The van der Waals surface area contributed by atoms with Gasteiger partial charge in [0.05, 0.1) is 7.11 Å². The monoisotopic (exact) mass is 429 g/mol. The van der Waals surface area contributed by atoms with Crippen LogP contribution in [0.2, 0.25) is 5.02 Å². The third-order valence-corrected chi connectivity index (χ3v) is 5.86. The van der Waals surface area contributed by atoms with Gasteiger partial charge in [0.15, 0.2) is 0 Å². The number of ether oxygens (including phenoxy) is 1. The number of halogens is 1. The van der Waals surface area contributed by atoms with Crippen molar-refractivity contribution >= 4 is 29.2 Å². The first-order valence-electron chi connectivity index (χ1n) is 10.1. The zero-order valence-corrected chi connectivity index (χ0v) is 18.4. The number of hydrogen-bond donors (Lipinski definition) is 0. The highest BCUT2D eigenvalue weighted by Crippen LogP contribution is 2.25. The fraction of sp³-hybridized carbons (Fsp3) is 0.391. The second-order valence-corrected chi connectivity index (χ2v) is 7.80. The lowest BCUT2D eigenvalue weighted by molar-refractivity contribution is -0.148. The van der Waals surface area contributed by atoms with Crippen LogP contribution >= 0.6 is 11.6 Å². The van der Waals surface area contributed by atoms with Gasteiger partial charge in [0.2, 0.25) is 0 Å². The van der Waals surface area contributed by atoms with E-state index in [0.29, 0.717) is 36.8 Å². The molecule has 0 radical (unpaired) electrons. The molecule has 1 unspecified atom stereocenters. The van der Waals surface area contributed by atoms with Crippen molar-refractivity contribution < 1.29 is 14.3 Å². The highest BCUT2D eigenvalue weighted by atomic mass is 35.5. The topological polar surface area (TPSA) is 53.1 Å². The van der Waals surface area contributed by atoms with Crippen molar-refractivity contribution in [2.75, 3.05) is 51.8 Å². The third-order valence-electron chi connectivity index (χ3n) is 5.61. The maximum atomic E-state index is 12.9. The molecule has 0 saturated carbocycles. The largest absolute Gasteiger partial charge is 0.468 e. The molecule has 160 valence electrons. The predicted molar refractivity (Wildman–Crippen MR) is 119 cm³/mol. The Labute approximate surface area is 183 Å². The molecular weight excluding hydrogens is 402 g/mol. The van der Waals surface area contributed by atoms with Gasteiger partial charge in [0, 0.05) is 56.0 Å². The maximum Gasteiger partial charge on any atom is 0.327 e. The molecule has 1 aliphatic rings. The highest BCUT2D eigenvalue weighted by molar-refractivity contribution is 6.30. The first-order chi connectivity index (χ1) is 14.4. The Morgan fingerprint density at radius 2 is 1.63 bits per heavy atom. The van der Waals surface area contributed by atoms with Crippen molar-refractivity contribution in [2.45, 2.75) is 13.0 Å². The van der Waals surface area contributed by atoms with E-state index in [9.17, 15) is 9.59 Å². The minimum Gasteiger partial charge on any atom is -0.468 e. The number of rotatable bonds is 6. The summed E-state index contributed by atoms with van der Waals surface area (Å²) >= 11 is 5.99. The van der Waals surface area contributed by atoms with Gasteiger partial charge in [-0.3, -0.25) is 9.69 Å². The number of hydrogen-bond acceptors (Lipinski definition) is 5. The van der Waals surface area contributed by atoms with Gasteiger partial charge in [-0.05, 0) is 48.9 Å². The molecule has 1 fully saturated rings. The maximum absolute atomic E-state index is 12.9. The van der Waals surface area contributed by atoms with Crippen LogP contribution in [-0.4, -0.2) is 68.6 Å². The van der Waals surface area contributed by atoms with Gasteiger partial charge < -0.3 is 14.5 Å². The highest BCUT2D eigenvalue weighted by Gasteiger charge is 2.32. The molecule has 3 rings (SSSR count). The number of carbonyl (C=O) groups excluding carboxylic acids is 2. The summed E-state index contributed by atoms with van der Waals surface area (Å²) in [6.45, 7) is 5.27. The Balaban J connectivity index is 1.67. The van der Waals surface area contributed by atoms with E-state index in [1.165, 1.54) is 7.11 Å². The molecule has 2 aromatic rings. The molecule has 0 bridgehead atoms. The molecule has 1 amide bonds. The first kappa shape index (κ1) is 22.1. The van der Waals surface area contributed by atoms with Crippen molar-refractivity contribution in [3.05, 3.63) is 64.7 Å². The number of amides is 1. The normalized spacial score (nSPS) is 15.5. The van der Waals surface area contributed by atoms with Crippen LogP contribution in [0.25, 0.3) is 0 Å². The molecule has 1 atom stereocenters. The third kappa shape index (κ3) is 4.94. The number of piperazine rings is 1. The van der Waals surface area contributed by atoms with Crippen molar-refractivity contribution in [3.63, 3.8) is 0 Å². The average molecular weight is 430 g/mol. The molecule has 1 saturated heterocycles. The van der Waals surface area contributed by atoms with Crippen LogP contribution in [0, 0.1) is 0 Å². The lowest BCUT2D eigenvalue weighted by Gasteiger charge is -2.38. The van der Waals surface area contributed by atoms with Crippen LogP contribution < -0.4 is 4.90 Å². The summed E-state index contributed by atoms with van der Waals surface area (Å²) in [5.41, 5.74) is 2.60. The Morgan fingerprint density at radius 3 is 2.17 bits per heavy atom. The zero-order valence-electron chi connectivity index (χ0n) is 17.7. The molecule has 0 spiro atoms. The fourth-order valence-electron chi connectivity index (χ4n) is 3.66. The van der Waals surface area contributed by atoms with Crippen LogP contribution in [0.1, 0.15) is 28.9 Å².